The summed E-state index contributed by atoms with van der Waals surface area (Å²) in [5.74, 6) is -2.85. The van der Waals surface area contributed by atoms with E-state index < -0.39 is 5.76 Å². The lowest BCUT2D eigenvalue weighted by Gasteiger charge is -2.11. The van der Waals surface area contributed by atoms with Gasteiger partial charge in [-0.25, -0.2) is 9.67 Å². The van der Waals surface area contributed by atoms with Gasteiger partial charge in [-0.2, -0.15) is 13.9 Å². The van der Waals surface area contributed by atoms with Crippen LogP contribution in [-0.4, -0.2) is 26.4 Å². The molecular weight excluding hydrogens is 414 g/mol. The first kappa shape index (κ1) is 17.6. The lowest BCUT2D eigenvalue weighted by Crippen LogP contribution is -2.14. The summed E-state index contributed by atoms with van der Waals surface area (Å²) < 4.78 is 27.0. The molecule has 0 spiro atoms. The summed E-state index contributed by atoms with van der Waals surface area (Å²) >= 11 is 3.80. The van der Waals surface area contributed by atoms with Crippen molar-refractivity contribution in [2.75, 3.05) is 5.32 Å². The van der Waals surface area contributed by atoms with Gasteiger partial charge in [0.2, 0.25) is 0 Å². The number of nitrogens with zero attached hydrogens (tertiary/aromatic N) is 3. The standard InChI is InChI=1S/C16H11BrF2N4OS/c17-11-3-6-14(23-9-20-8-21-23)13(7-11)22-15(24)10-1-4-12(5-2-10)25-16(18)19/h1-9,16H,(H,22,24). The third-order valence-electron chi connectivity index (χ3n) is 3.21. The second-order valence-corrected chi connectivity index (χ2v) is 6.84. The Kier molecular flexibility index (Phi) is 5.44. The first-order chi connectivity index (χ1) is 12.0. The highest BCUT2D eigenvalue weighted by Crippen LogP contribution is 2.27. The number of carbonyl (C=O) groups is 1. The first-order valence-corrected chi connectivity index (χ1v) is 8.71. The molecule has 0 unspecified atom stereocenters. The summed E-state index contributed by atoms with van der Waals surface area (Å²) in [6, 6.07) is 11.4. The van der Waals surface area contributed by atoms with Crippen molar-refractivity contribution in [3.63, 3.8) is 0 Å². The van der Waals surface area contributed by atoms with Crippen molar-refractivity contribution in [3.8, 4) is 5.69 Å². The maximum Gasteiger partial charge on any atom is 0.288 e. The average Bonchev–Trinajstić information content (AvgIpc) is 3.09. The van der Waals surface area contributed by atoms with Gasteiger partial charge in [0.1, 0.15) is 12.7 Å². The van der Waals surface area contributed by atoms with Crippen LogP contribution in [0, 0.1) is 0 Å². The molecule has 128 valence electrons. The number of aromatic nitrogens is 3. The number of benzene rings is 2. The zero-order valence-electron chi connectivity index (χ0n) is 12.6. The van der Waals surface area contributed by atoms with E-state index in [4.69, 9.17) is 0 Å². The number of hydrogen-bond donors (Lipinski definition) is 1. The molecule has 1 aromatic heterocycles. The van der Waals surface area contributed by atoms with Gasteiger partial charge in [-0.05, 0) is 42.5 Å². The molecule has 9 heteroatoms. The third-order valence-corrected chi connectivity index (χ3v) is 4.43. The Morgan fingerprint density at radius 3 is 2.60 bits per heavy atom. The summed E-state index contributed by atoms with van der Waals surface area (Å²) in [5.41, 5.74) is 1.55. The van der Waals surface area contributed by atoms with E-state index in [9.17, 15) is 13.6 Å². The normalized spacial score (nSPS) is 10.9. The van der Waals surface area contributed by atoms with Gasteiger partial charge < -0.3 is 5.32 Å². The number of anilines is 1. The van der Waals surface area contributed by atoms with Gasteiger partial charge in [0, 0.05) is 14.9 Å². The largest absolute Gasteiger partial charge is 0.320 e. The van der Waals surface area contributed by atoms with Gasteiger partial charge >= 0.3 is 0 Å². The van der Waals surface area contributed by atoms with Crippen LogP contribution < -0.4 is 5.32 Å². The Morgan fingerprint density at radius 2 is 1.96 bits per heavy atom. The molecule has 3 rings (SSSR count). The van der Waals surface area contributed by atoms with Crippen molar-refractivity contribution >= 4 is 39.3 Å². The quantitative estimate of drug-likeness (QED) is 0.608. The second-order valence-electron chi connectivity index (χ2n) is 4.86. The van der Waals surface area contributed by atoms with E-state index in [0.717, 1.165) is 4.47 Å². The van der Waals surface area contributed by atoms with Gasteiger partial charge in [-0.3, -0.25) is 4.79 Å². The molecule has 0 saturated heterocycles. The molecule has 1 N–H and O–H groups in total. The minimum Gasteiger partial charge on any atom is -0.320 e. The minimum absolute atomic E-state index is 0.354. The highest BCUT2D eigenvalue weighted by atomic mass is 79.9. The van der Waals surface area contributed by atoms with Crippen LogP contribution in [-0.2, 0) is 0 Å². The summed E-state index contributed by atoms with van der Waals surface area (Å²) in [5, 5.41) is 6.86. The van der Waals surface area contributed by atoms with E-state index in [0.29, 0.717) is 33.6 Å². The van der Waals surface area contributed by atoms with Crippen LogP contribution in [0.5, 0.6) is 0 Å². The fraction of sp³-hybridized carbons (Fsp3) is 0.0625. The van der Waals surface area contributed by atoms with Crippen LogP contribution in [0.4, 0.5) is 14.5 Å². The lowest BCUT2D eigenvalue weighted by molar-refractivity contribution is 0.102. The Morgan fingerprint density at radius 1 is 1.20 bits per heavy atom. The number of rotatable bonds is 5. The Hall–Kier alpha value is -2.26. The molecule has 0 bridgehead atoms. The molecule has 0 aliphatic rings. The first-order valence-electron chi connectivity index (χ1n) is 7.04. The number of halogens is 3. The van der Waals surface area contributed by atoms with E-state index in [-0.39, 0.29) is 5.91 Å². The van der Waals surface area contributed by atoms with Crippen LogP contribution in [0.15, 0.2) is 64.5 Å². The molecule has 0 saturated carbocycles. The molecule has 25 heavy (non-hydrogen) atoms. The number of nitrogens with one attached hydrogen (secondary N) is 1. The minimum atomic E-state index is -2.49. The van der Waals surface area contributed by atoms with Crippen LogP contribution in [0.2, 0.25) is 0 Å². The number of carbonyl (C=O) groups excluding carboxylic acids is 1. The predicted octanol–water partition coefficient (Wildman–Crippen LogP) is 4.60. The average molecular weight is 425 g/mol. The van der Waals surface area contributed by atoms with Crippen molar-refractivity contribution in [1.82, 2.24) is 14.8 Å². The van der Waals surface area contributed by atoms with Gasteiger partial charge in [-0.1, -0.05) is 27.7 Å². The third kappa shape index (κ3) is 4.43. The van der Waals surface area contributed by atoms with E-state index in [1.165, 1.54) is 41.6 Å². The molecule has 0 aliphatic heterocycles. The zero-order valence-corrected chi connectivity index (χ0v) is 15.0. The second kappa shape index (κ2) is 7.75. The van der Waals surface area contributed by atoms with Crippen LogP contribution in [0.25, 0.3) is 5.69 Å². The zero-order chi connectivity index (χ0) is 17.8. The molecule has 2 aromatic carbocycles. The molecule has 3 aromatic rings. The number of alkyl halides is 2. The SMILES string of the molecule is O=C(Nc1cc(Br)ccc1-n1cncn1)c1ccc(SC(F)F)cc1. The fourth-order valence-corrected chi connectivity index (χ4v) is 2.98. The molecule has 5 nitrogen and oxygen atoms in total. The van der Waals surface area contributed by atoms with Gasteiger partial charge in [-0.15, -0.1) is 0 Å². The summed E-state index contributed by atoms with van der Waals surface area (Å²) in [6.45, 7) is 0. The number of amides is 1. The number of hydrogen-bond acceptors (Lipinski definition) is 4. The predicted molar refractivity (Wildman–Crippen MR) is 95.3 cm³/mol. The van der Waals surface area contributed by atoms with E-state index in [1.807, 2.05) is 6.07 Å². The molecule has 0 radical (unpaired) electrons. The topological polar surface area (TPSA) is 59.8 Å². The van der Waals surface area contributed by atoms with Crippen molar-refractivity contribution in [2.45, 2.75) is 10.7 Å². The fourth-order valence-electron chi connectivity index (χ4n) is 2.12. The Balaban J connectivity index is 1.82. The van der Waals surface area contributed by atoms with Gasteiger partial charge in [0.05, 0.1) is 11.4 Å². The molecule has 0 atom stereocenters. The Labute approximate surface area is 154 Å². The molecule has 1 amide bonds. The monoisotopic (exact) mass is 424 g/mol. The maximum atomic E-state index is 12.5. The van der Waals surface area contributed by atoms with Gasteiger partial charge in [0.15, 0.2) is 0 Å². The molecule has 0 fully saturated rings. The summed E-state index contributed by atoms with van der Waals surface area (Å²) in [7, 11) is 0. The van der Waals surface area contributed by atoms with Gasteiger partial charge in [0.25, 0.3) is 11.7 Å². The highest BCUT2D eigenvalue weighted by molar-refractivity contribution is 9.10. The maximum absolute atomic E-state index is 12.5. The van der Waals surface area contributed by atoms with Crippen LogP contribution in [0.3, 0.4) is 0 Å². The van der Waals surface area contributed by atoms with E-state index in [2.05, 4.69) is 31.3 Å². The highest BCUT2D eigenvalue weighted by Gasteiger charge is 2.12. The van der Waals surface area contributed by atoms with Crippen molar-refractivity contribution in [3.05, 3.63) is 65.2 Å². The van der Waals surface area contributed by atoms with Crippen LogP contribution in [0.1, 0.15) is 10.4 Å². The van der Waals surface area contributed by atoms with E-state index >= 15 is 0 Å². The van der Waals surface area contributed by atoms with Crippen molar-refractivity contribution < 1.29 is 13.6 Å². The summed E-state index contributed by atoms with van der Waals surface area (Å²) in [6.07, 6.45) is 2.92. The molecular formula is C16H11BrF2N4OS. The van der Waals surface area contributed by atoms with Crippen molar-refractivity contribution in [2.24, 2.45) is 0 Å². The van der Waals surface area contributed by atoms with Crippen molar-refractivity contribution in [1.29, 1.82) is 0 Å². The Bertz CT molecular complexity index is 872. The molecule has 1 heterocycles. The number of thioether (sulfide) groups is 1. The smallest absolute Gasteiger partial charge is 0.288 e. The van der Waals surface area contributed by atoms with Crippen LogP contribution >= 0.6 is 27.7 Å². The summed E-state index contributed by atoms with van der Waals surface area (Å²) in [4.78, 5) is 16.8. The van der Waals surface area contributed by atoms with E-state index in [1.54, 1.807) is 12.1 Å². The molecule has 0 aliphatic carbocycles. The lowest BCUT2D eigenvalue weighted by atomic mass is 10.2.